The molecule has 0 aromatic heterocycles. The Balaban J connectivity index is 4.71. The number of allylic oxidation sites excluding steroid dienone is 5. The Hall–Kier alpha value is -1.74. The molecule has 0 fully saturated rings. The monoisotopic (exact) mass is 927 g/mol. The molecule has 0 aromatic carbocycles. The Morgan fingerprint density at radius 3 is 1.65 bits per heavy atom. The molecule has 0 saturated heterocycles. The molecule has 3 unspecified atom stereocenters. The minimum atomic E-state index is -4.90. The summed E-state index contributed by atoms with van der Waals surface area (Å²) in [5, 5.41) is 30.5. The number of unbranched alkanes of at least 4 members (excludes halogenated alkanes) is 15. The van der Waals surface area contributed by atoms with Crippen LogP contribution in [0.5, 0.6) is 0 Å². The zero-order chi connectivity index (χ0) is 46.3. The van der Waals surface area contributed by atoms with Crippen LogP contribution in [0, 0.1) is 5.92 Å². The van der Waals surface area contributed by atoms with E-state index in [0.29, 0.717) is 12.8 Å². The van der Waals surface area contributed by atoms with Crippen LogP contribution in [0.4, 0.5) is 0 Å². The van der Waals surface area contributed by atoms with Crippen molar-refractivity contribution in [3.63, 3.8) is 0 Å². The Morgan fingerprint density at radius 2 is 1.06 bits per heavy atom. The predicted octanol–water partition coefficient (Wildman–Crippen LogP) is 9.86. The largest absolute Gasteiger partial charge is 0.472 e. The standard InChI is InChI=1S/C45H84O15P2/c1-4-5-6-7-8-9-10-15-18-21-24-27-31-42(47)43(48)32-29-34-45(50)60-41(38-59-62(54,55)58-36-40(46)35-57-61(51,52)53)37-56-44(49)33-28-25-22-19-16-13-11-12-14-17-20-23-26-30-39(2)3/h8-9,15,18,24,27,39-43,46-48H,4-7,10-14,16-17,19-23,25-26,28-38H2,1-3H3,(H,54,55)(H2,51,52,53)/b9-8-,18-15-,27-24-/t40-,41+,42?,43?/m0/s1. The number of phosphoric ester groups is 2. The summed E-state index contributed by atoms with van der Waals surface area (Å²) >= 11 is 0. The zero-order valence-electron chi connectivity index (χ0n) is 38.1. The highest BCUT2D eigenvalue weighted by atomic mass is 31.2. The molecular weight excluding hydrogens is 842 g/mol. The molecule has 0 aromatic rings. The molecule has 0 saturated carbocycles. The summed E-state index contributed by atoms with van der Waals surface area (Å²) in [6, 6.07) is 0. The second-order valence-corrected chi connectivity index (χ2v) is 19.2. The first kappa shape index (κ1) is 60.3. The molecule has 0 heterocycles. The number of rotatable bonds is 43. The number of esters is 2. The van der Waals surface area contributed by atoms with Crippen LogP contribution in [0.3, 0.4) is 0 Å². The second-order valence-electron chi connectivity index (χ2n) is 16.5. The average molecular weight is 927 g/mol. The Morgan fingerprint density at radius 1 is 0.548 bits per heavy atom. The van der Waals surface area contributed by atoms with E-state index in [9.17, 15) is 38.9 Å². The van der Waals surface area contributed by atoms with Crippen molar-refractivity contribution in [1.29, 1.82) is 0 Å². The van der Waals surface area contributed by atoms with Crippen LogP contribution in [0.25, 0.3) is 0 Å². The van der Waals surface area contributed by atoms with Gasteiger partial charge in [0.15, 0.2) is 6.10 Å². The maximum atomic E-state index is 12.7. The van der Waals surface area contributed by atoms with E-state index in [1.54, 1.807) is 6.08 Å². The normalized spacial score (nSPS) is 15.4. The number of phosphoric acid groups is 2. The molecule has 0 aliphatic heterocycles. The summed E-state index contributed by atoms with van der Waals surface area (Å²) in [6.45, 7) is 3.73. The number of aliphatic hydroxyl groups excluding tert-OH is 3. The first-order valence-electron chi connectivity index (χ1n) is 23.2. The van der Waals surface area contributed by atoms with Gasteiger partial charge in [-0.05, 0) is 57.3 Å². The molecule has 0 aliphatic rings. The van der Waals surface area contributed by atoms with Crippen molar-refractivity contribution in [2.45, 2.75) is 206 Å². The van der Waals surface area contributed by atoms with Gasteiger partial charge in [-0.2, -0.15) is 0 Å². The smallest absolute Gasteiger partial charge is 0.462 e. The summed E-state index contributed by atoms with van der Waals surface area (Å²) in [4.78, 5) is 52.8. The molecule has 0 rings (SSSR count). The van der Waals surface area contributed by atoms with Gasteiger partial charge in [0.25, 0.3) is 0 Å². The molecule has 0 amide bonds. The van der Waals surface area contributed by atoms with Crippen molar-refractivity contribution in [2.24, 2.45) is 5.92 Å². The third-order valence-electron chi connectivity index (χ3n) is 9.90. The van der Waals surface area contributed by atoms with E-state index in [0.717, 1.165) is 44.4 Å². The number of carbonyl (C=O) groups excluding carboxylic acids is 2. The zero-order valence-corrected chi connectivity index (χ0v) is 39.9. The van der Waals surface area contributed by atoms with E-state index in [-0.39, 0.29) is 32.1 Å². The molecule has 6 N–H and O–H groups in total. The van der Waals surface area contributed by atoms with E-state index >= 15 is 0 Å². The van der Waals surface area contributed by atoms with Crippen molar-refractivity contribution in [2.75, 3.05) is 26.4 Å². The minimum absolute atomic E-state index is 0.0945. The number of hydrogen-bond donors (Lipinski definition) is 6. The van der Waals surface area contributed by atoms with Gasteiger partial charge in [0.1, 0.15) is 12.7 Å². The summed E-state index contributed by atoms with van der Waals surface area (Å²) in [6.07, 6.45) is 30.2. The van der Waals surface area contributed by atoms with Crippen molar-refractivity contribution in [3.8, 4) is 0 Å². The van der Waals surface area contributed by atoms with E-state index in [2.05, 4.69) is 48.0 Å². The summed E-state index contributed by atoms with van der Waals surface area (Å²) in [5.74, 6) is -0.520. The fourth-order valence-electron chi connectivity index (χ4n) is 6.22. The molecule has 15 nitrogen and oxygen atoms in total. The summed E-state index contributed by atoms with van der Waals surface area (Å²) < 4.78 is 47.6. The van der Waals surface area contributed by atoms with Crippen LogP contribution in [-0.4, -0.2) is 92.8 Å². The molecule has 17 heteroatoms. The maximum Gasteiger partial charge on any atom is 0.472 e. The lowest BCUT2D eigenvalue weighted by molar-refractivity contribution is -0.161. The van der Waals surface area contributed by atoms with Gasteiger partial charge in [0.2, 0.25) is 0 Å². The topological polar surface area (TPSA) is 236 Å². The number of ether oxygens (including phenoxy) is 2. The average Bonchev–Trinajstić information content (AvgIpc) is 3.21. The number of aliphatic hydroxyl groups is 3. The molecule has 364 valence electrons. The fourth-order valence-corrected chi connectivity index (χ4v) is 7.38. The summed E-state index contributed by atoms with van der Waals surface area (Å²) in [5.41, 5.74) is 0. The van der Waals surface area contributed by atoms with Crippen molar-refractivity contribution >= 4 is 27.6 Å². The number of carbonyl (C=O) groups is 2. The molecule has 62 heavy (non-hydrogen) atoms. The highest BCUT2D eigenvalue weighted by molar-refractivity contribution is 7.47. The van der Waals surface area contributed by atoms with E-state index in [1.165, 1.54) is 77.0 Å². The van der Waals surface area contributed by atoms with Crippen LogP contribution in [-0.2, 0) is 41.8 Å². The van der Waals surface area contributed by atoms with Gasteiger partial charge in [-0.3, -0.25) is 23.2 Å². The van der Waals surface area contributed by atoms with Gasteiger partial charge >= 0.3 is 27.6 Å². The number of hydrogen-bond acceptors (Lipinski definition) is 12. The SMILES string of the molecule is CCCCC/C=C\C/C=C\C/C=C\CC(O)C(O)CCCC(=O)O[C@H](COC(=O)CCCCCCCCCCCCCCCC(C)C)COP(=O)(O)OC[C@@H](O)COP(=O)(O)O. The van der Waals surface area contributed by atoms with Gasteiger partial charge < -0.3 is 39.5 Å². The lowest BCUT2D eigenvalue weighted by Crippen LogP contribution is -2.30. The first-order valence-corrected chi connectivity index (χ1v) is 26.2. The lowest BCUT2D eigenvalue weighted by atomic mass is 10.0. The third kappa shape index (κ3) is 42.2. The predicted molar refractivity (Wildman–Crippen MR) is 242 cm³/mol. The Bertz CT molecular complexity index is 1290. The summed E-state index contributed by atoms with van der Waals surface area (Å²) in [7, 11) is -9.79. The van der Waals surface area contributed by atoms with Gasteiger partial charge in [0.05, 0.1) is 32.0 Å². The van der Waals surface area contributed by atoms with Crippen molar-refractivity contribution in [3.05, 3.63) is 36.5 Å². The van der Waals surface area contributed by atoms with Crippen LogP contribution >= 0.6 is 15.6 Å². The maximum absolute atomic E-state index is 12.7. The van der Waals surface area contributed by atoms with Crippen LogP contribution in [0.1, 0.15) is 181 Å². The van der Waals surface area contributed by atoms with Crippen LogP contribution in [0.15, 0.2) is 36.5 Å². The Labute approximate surface area is 372 Å². The lowest BCUT2D eigenvalue weighted by Gasteiger charge is -2.21. The van der Waals surface area contributed by atoms with Crippen molar-refractivity contribution < 1.29 is 71.8 Å². The van der Waals surface area contributed by atoms with Crippen molar-refractivity contribution in [1.82, 2.24) is 0 Å². The molecule has 0 radical (unpaired) electrons. The fraction of sp³-hybridized carbons (Fsp3) is 0.822. The van der Waals surface area contributed by atoms with Gasteiger partial charge in [-0.15, -0.1) is 0 Å². The molecule has 0 bridgehead atoms. The highest BCUT2D eigenvalue weighted by Crippen LogP contribution is 2.43. The van der Waals surface area contributed by atoms with E-state index in [1.807, 2.05) is 12.2 Å². The van der Waals surface area contributed by atoms with E-state index < -0.39 is 78.4 Å². The molecule has 0 spiro atoms. The quantitative estimate of drug-likeness (QED) is 0.0144. The van der Waals surface area contributed by atoms with Gasteiger partial charge in [0, 0.05) is 12.8 Å². The first-order chi connectivity index (χ1) is 29.5. The highest BCUT2D eigenvalue weighted by Gasteiger charge is 2.28. The molecule has 5 atom stereocenters. The van der Waals surface area contributed by atoms with Gasteiger partial charge in [-0.1, -0.05) is 154 Å². The Kier molecular flexibility index (Phi) is 38.5. The van der Waals surface area contributed by atoms with Gasteiger partial charge in [-0.25, -0.2) is 9.13 Å². The molecule has 0 aliphatic carbocycles. The van der Waals surface area contributed by atoms with Crippen LogP contribution in [0.2, 0.25) is 0 Å². The minimum Gasteiger partial charge on any atom is -0.462 e. The third-order valence-corrected chi connectivity index (χ3v) is 11.3. The molecular formula is C45H84O15P2. The van der Waals surface area contributed by atoms with E-state index in [4.69, 9.17) is 23.8 Å². The second kappa shape index (κ2) is 39.6. The van der Waals surface area contributed by atoms with Crippen LogP contribution < -0.4 is 0 Å².